The monoisotopic (exact) mass is 249 g/mol. The van der Waals surface area contributed by atoms with Gasteiger partial charge in [-0.3, -0.25) is 4.98 Å². The zero-order valence-corrected chi connectivity index (χ0v) is 11.0. The summed E-state index contributed by atoms with van der Waals surface area (Å²) in [5.41, 5.74) is 6.13. The van der Waals surface area contributed by atoms with Gasteiger partial charge in [0, 0.05) is 18.3 Å². The second-order valence-electron chi connectivity index (χ2n) is 4.58. The Morgan fingerprint density at radius 1 is 1.00 bits per heavy atom. The Morgan fingerprint density at radius 2 is 1.79 bits per heavy atom. The summed E-state index contributed by atoms with van der Waals surface area (Å²) in [5.74, 6) is 0. The van der Waals surface area contributed by atoms with Crippen molar-refractivity contribution in [1.82, 2.24) is 9.97 Å². The first-order valence-electron chi connectivity index (χ1n) is 6.28. The standard InChI is InChI=1S/C16H15N3/c1-11-7-12(9-13(8-11)17-2)16-10-18-14-5-3-4-6-15(14)19-16/h3-10,17H,1-2H3. The van der Waals surface area contributed by atoms with Gasteiger partial charge in [0.2, 0.25) is 0 Å². The first-order chi connectivity index (χ1) is 9.26. The van der Waals surface area contributed by atoms with Gasteiger partial charge >= 0.3 is 0 Å². The molecule has 94 valence electrons. The molecule has 0 atom stereocenters. The first-order valence-corrected chi connectivity index (χ1v) is 6.28. The lowest BCUT2D eigenvalue weighted by Gasteiger charge is -2.07. The molecule has 2 aromatic carbocycles. The fraction of sp³-hybridized carbons (Fsp3) is 0.125. The van der Waals surface area contributed by atoms with Crippen LogP contribution in [-0.4, -0.2) is 17.0 Å². The molecular weight excluding hydrogens is 234 g/mol. The number of hydrogen-bond donors (Lipinski definition) is 1. The number of rotatable bonds is 2. The molecule has 0 aliphatic rings. The van der Waals surface area contributed by atoms with Gasteiger partial charge in [0.1, 0.15) is 0 Å². The van der Waals surface area contributed by atoms with E-state index in [9.17, 15) is 0 Å². The van der Waals surface area contributed by atoms with Crippen molar-refractivity contribution in [1.29, 1.82) is 0 Å². The summed E-state index contributed by atoms with van der Waals surface area (Å²) in [6.45, 7) is 2.08. The van der Waals surface area contributed by atoms with Crippen LogP contribution in [0.5, 0.6) is 0 Å². The van der Waals surface area contributed by atoms with E-state index in [1.54, 1.807) is 0 Å². The molecule has 0 spiro atoms. The smallest absolute Gasteiger partial charge is 0.0894 e. The Balaban J connectivity index is 2.15. The van der Waals surface area contributed by atoms with Crippen LogP contribution in [0, 0.1) is 6.92 Å². The second-order valence-corrected chi connectivity index (χ2v) is 4.58. The van der Waals surface area contributed by atoms with E-state index in [4.69, 9.17) is 0 Å². The second kappa shape index (κ2) is 4.69. The minimum absolute atomic E-state index is 0.902. The molecule has 0 saturated heterocycles. The van der Waals surface area contributed by atoms with Gasteiger partial charge in [-0.05, 0) is 42.8 Å². The number of hydrogen-bond acceptors (Lipinski definition) is 3. The quantitative estimate of drug-likeness (QED) is 0.753. The van der Waals surface area contributed by atoms with Crippen molar-refractivity contribution in [2.24, 2.45) is 0 Å². The van der Waals surface area contributed by atoms with Gasteiger partial charge in [-0.2, -0.15) is 0 Å². The molecule has 1 N–H and O–H groups in total. The highest BCUT2D eigenvalue weighted by molar-refractivity contribution is 5.77. The molecule has 3 aromatic rings. The number of benzene rings is 2. The molecule has 19 heavy (non-hydrogen) atoms. The Kier molecular flexibility index (Phi) is 2.88. The first kappa shape index (κ1) is 11.7. The van der Waals surface area contributed by atoms with Crippen molar-refractivity contribution in [2.75, 3.05) is 12.4 Å². The molecule has 3 rings (SSSR count). The number of nitrogens with one attached hydrogen (secondary N) is 1. The average Bonchev–Trinajstić information content (AvgIpc) is 2.46. The molecule has 3 nitrogen and oxygen atoms in total. The molecule has 1 heterocycles. The molecule has 0 saturated carbocycles. The van der Waals surface area contributed by atoms with Gasteiger partial charge in [0.05, 0.1) is 22.9 Å². The van der Waals surface area contributed by atoms with Gasteiger partial charge in [0.15, 0.2) is 0 Å². The van der Waals surface area contributed by atoms with E-state index in [0.29, 0.717) is 0 Å². The van der Waals surface area contributed by atoms with E-state index in [1.165, 1.54) is 5.56 Å². The Hall–Kier alpha value is -2.42. The maximum Gasteiger partial charge on any atom is 0.0894 e. The number of nitrogens with zero attached hydrogens (tertiary/aromatic N) is 2. The molecule has 0 fully saturated rings. The van der Waals surface area contributed by atoms with Crippen LogP contribution in [0.25, 0.3) is 22.3 Å². The fourth-order valence-corrected chi connectivity index (χ4v) is 2.17. The predicted octanol–water partition coefficient (Wildman–Crippen LogP) is 3.65. The molecular formula is C16H15N3. The maximum atomic E-state index is 4.67. The molecule has 1 aromatic heterocycles. The minimum Gasteiger partial charge on any atom is -0.388 e. The highest BCUT2D eigenvalue weighted by Gasteiger charge is 2.04. The SMILES string of the molecule is CNc1cc(C)cc(-c2cnc3ccccc3n2)c1. The van der Waals surface area contributed by atoms with Gasteiger partial charge < -0.3 is 5.32 Å². The van der Waals surface area contributed by atoms with E-state index < -0.39 is 0 Å². The van der Waals surface area contributed by atoms with Gasteiger partial charge in [-0.25, -0.2) is 4.98 Å². The number of fused-ring (bicyclic) bond motifs is 1. The zero-order chi connectivity index (χ0) is 13.2. The average molecular weight is 249 g/mol. The van der Waals surface area contributed by atoms with Crippen molar-refractivity contribution < 1.29 is 0 Å². The zero-order valence-electron chi connectivity index (χ0n) is 11.0. The molecule has 0 aliphatic heterocycles. The van der Waals surface area contributed by atoms with Crippen LogP contribution in [-0.2, 0) is 0 Å². The lowest BCUT2D eigenvalue weighted by atomic mass is 10.1. The predicted molar refractivity (Wildman–Crippen MR) is 79.3 cm³/mol. The van der Waals surface area contributed by atoms with Crippen LogP contribution >= 0.6 is 0 Å². The van der Waals surface area contributed by atoms with Crippen LogP contribution in [0.4, 0.5) is 5.69 Å². The number of aryl methyl sites for hydroxylation is 1. The third-order valence-electron chi connectivity index (χ3n) is 3.11. The summed E-state index contributed by atoms with van der Waals surface area (Å²) in [7, 11) is 1.92. The van der Waals surface area contributed by atoms with Gasteiger partial charge in [-0.15, -0.1) is 0 Å². The van der Waals surface area contributed by atoms with Crippen LogP contribution in [0.3, 0.4) is 0 Å². The number of aromatic nitrogens is 2. The summed E-state index contributed by atoms with van der Waals surface area (Å²) >= 11 is 0. The van der Waals surface area contributed by atoms with Crippen LogP contribution in [0.2, 0.25) is 0 Å². The number of anilines is 1. The molecule has 3 heteroatoms. The van der Waals surface area contributed by atoms with E-state index in [0.717, 1.165) is 28.0 Å². The Labute approximate surface area is 112 Å². The lowest BCUT2D eigenvalue weighted by molar-refractivity contribution is 1.29. The third-order valence-corrected chi connectivity index (χ3v) is 3.11. The normalized spacial score (nSPS) is 10.6. The highest BCUT2D eigenvalue weighted by Crippen LogP contribution is 2.23. The van der Waals surface area contributed by atoms with Crippen molar-refractivity contribution in [3.8, 4) is 11.3 Å². The largest absolute Gasteiger partial charge is 0.388 e. The Morgan fingerprint density at radius 3 is 2.58 bits per heavy atom. The van der Waals surface area contributed by atoms with Crippen molar-refractivity contribution >= 4 is 16.7 Å². The molecule has 0 aliphatic carbocycles. The lowest BCUT2D eigenvalue weighted by Crippen LogP contribution is -1.92. The van der Waals surface area contributed by atoms with E-state index in [1.807, 2.05) is 37.5 Å². The molecule has 0 radical (unpaired) electrons. The van der Waals surface area contributed by atoms with Crippen LogP contribution in [0.1, 0.15) is 5.56 Å². The highest BCUT2D eigenvalue weighted by atomic mass is 14.8. The van der Waals surface area contributed by atoms with Gasteiger partial charge in [-0.1, -0.05) is 12.1 Å². The summed E-state index contributed by atoms with van der Waals surface area (Å²) in [4.78, 5) is 9.13. The summed E-state index contributed by atoms with van der Waals surface area (Å²) in [6, 6.07) is 14.2. The fourth-order valence-electron chi connectivity index (χ4n) is 2.17. The van der Waals surface area contributed by atoms with Crippen molar-refractivity contribution in [3.63, 3.8) is 0 Å². The van der Waals surface area contributed by atoms with Crippen molar-refractivity contribution in [2.45, 2.75) is 6.92 Å². The summed E-state index contributed by atoms with van der Waals surface area (Å²) < 4.78 is 0. The Bertz CT molecular complexity index is 735. The van der Waals surface area contributed by atoms with Crippen molar-refractivity contribution in [3.05, 3.63) is 54.2 Å². The molecule has 0 unspecified atom stereocenters. The topological polar surface area (TPSA) is 37.8 Å². The molecule has 0 amide bonds. The molecule has 0 bridgehead atoms. The third kappa shape index (κ3) is 2.27. The maximum absolute atomic E-state index is 4.67. The van der Waals surface area contributed by atoms with Gasteiger partial charge in [0.25, 0.3) is 0 Å². The summed E-state index contributed by atoms with van der Waals surface area (Å²) in [6.07, 6.45) is 1.83. The van der Waals surface area contributed by atoms with Crippen LogP contribution < -0.4 is 5.32 Å². The number of para-hydroxylation sites is 2. The van der Waals surface area contributed by atoms with E-state index >= 15 is 0 Å². The minimum atomic E-state index is 0.902. The summed E-state index contributed by atoms with van der Waals surface area (Å²) in [5, 5.41) is 3.17. The van der Waals surface area contributed by atoms with E-state index in [2.05, 4.69) is 40.4 Å². The van der Waals surface area contributed by atoms with E-state index in [-0.39, 0.29) is 0 Å². The van der Waals surface area contributed by atoms with Crippen LogP contribution in [0.15, 0.2) is 48.7 Å².